The Morgan fingerprint density at radius 1 is 1.50 bits per heavy atom. The highest BCUT2D eigenvalue weighted by Crippen LogP contribution is 2.06. The second-order valence-corrected chi connectivity index (χ2v) is 5.29. The van der Waals surface area contributed by atoms with Crippen molar-refractivity contribution in [3.8, 4) is 0 Å². The molecule has 0 radical (unpaired) electrons. The van der Waals surface area contributed by atoms with Gasteiger partial charge in [0.1, 0.15) is 12.0 Å². The fourth-order valence-corrected chi connectivity index (χ4v) is 1.91. The van der Waals surface area contributed by atoms with Crippen molar-refractivity contribution in [1.82, 2.24) is 14.4 Å². The summed E-state index contributed by atoms with van der Waals surface area (Å²) in [5.41, 5.74) is 1.25. The zero-order chi connectivity index (χ0) is 10.2. The highest BCUT2D eigenvalue weighted by atomic mass is 32.2. The second kappa shape index (κ2) is 3.06. The summed E-state index contributed by atoms with van der Waals surface area (Å²) >= 11 is 0. The molecule has 5 nitrogen and oxygen atoms in total. The molecule has 14 heavy (non-hydrogen) atoms. The number of imidazole rings is 1. The first-order chi connectivity index (χ1) is 6.54. The van der Waals surface area contributed by atoms with E-state index in [1.807, 2.05) is 0 Å². The zero-order valence-corrected chi connectivity index (χ0v) is 8.40. The summed E-state index contributed by atoms with van der Waals surface area (Å²) in [6.07, 6.45) is 6.07. The van der Waals surface area contributed by atoms with E-state index < -0.39 is 9.84 Å². The van der Waals surface area contributed by atoms with Crippen LogP contribution in [0.2, 0.25) is 0 Å². The predicted octanol–water partition coefficient (Wildman–Crippen LogP) is 0.274. The molecule has 0 atom stereocenters. The van der Waals surface area contributed by atoms with Gasteiger partial charge in [-0.1, -0.05) is 0 Å². The number of hydrogen-bond acceptors (Lipinski definition) is 4. The molecule has 0 spiro atoms. The van der Waals surface area contributed by atoms with Crippen molar-refractivity contribution in [1.29, 1.82) is 0 Å². The van der Waals surface area contributed by atoms with Crippen molar-refractivity contribution in [3.63, 3.8) is 0 Å². The number of hydrogen-bond donors (Lipinski definition) is 0. The van der Waals surface area contributed by atoms with Crippen molar-refractivity contribution in [3.05, 3.63) is 30.5 Å². The molecule has 0 saturated carbocycles. The lowest BCUT2D eigenvalue weighted by Gasteiger charge is -1.90. The summed E-state index contributed by atoms with van der Waals surface area (Å²) in [5, 5.41) is 0. The number of sulfone groups is 1. The lowest BCUT2D eigenvalue weighted by molar-refractivity contribution is 0.600. The maximum Gasteiger partial charge on any atom is 0.153 e. The van der Waals surface area contributed by atoms with Gasteiger partial charge in [-0.25, -0.2) is 18.4 Å². The van der Waals surface area contributed by atoms with Crippen LogP contribution in [-0.4, -0.2) is 29.0 Å². The van der Waals surface area contributed by atoms with Crippen molar-refractivity contribution < 1.29 is 8.42 Å². The van der Waals surface area contributed by atoms with Gasteiger partial charge in [-0.3, -0.25) is 4.40 Å². The first kappa shape index (κ1) is 9.14. The van der Waals surface area contributed by atoms with Gasteiger partial charge in [-0.2, -0.15) is 0 Å². The van der Waals surface area contributed by atoms with Crippen LogP contribution in [0.1, 0.15) is 5.69 Å². The first-order valence-electron chi connectivity index (χ1n) is 4.00. The van der Waals surface area contributed by atoms with Gasteiger partial charge in [0.25, 0.3) is 0 Å². The van der Waals surface area contributed by atoms with Crippen LogP contribution in [0.25, 0.3) is 5.65 Å². The molecular formula is C8H9N3O2S. The van der Waals surface area contributed by atoms with Gasteiger partial charge in [-0.15, -0.1) is 0 Å². The van der Waals surface area contributed by atoms with Crippen LogP contribution >= 0.6 is 0 Å². The van der Waals surface area contributed by atoms with E-state index in [0.717, 1.165) is 0 Å². The van der Waals surface area contributed by atoms with Gasteiger partial charge in [0.05, 0.1) is 11.4 Å². The third-order valence-corrected chi connectivity index (χ3v) is 2.54. The molecule has 2 aromatic rings. The Morgan fingerprint density at radius 2 is 2.29 bits per heavy atom. The van der Waals surface area contributed by atoms with E-state index in [2.05, 4.69) is 9.97 Å². The zero-order valence-electron chi connectivity index (χ0n) is 7.58. The molecule has 0 aromatic carbocycles. The predicted molar refractivity (Wildman–Crippen MR) is 51.5 cm³/mol. The second-order valence-electron chi connectivity index (χ2n) is 3.15. The van der Waals surface area contributed by atoms with E-state index in [1.165, 1.54) is 6.26 Å². The molecule has 2 aromatic heterocycles. The molecule has 0 unspecified atom stereocenters. The van der Waals surface area contributed by atoms with Gasteiger partial charge in [0.15, 0.2) is 9.84 Å². The monoisotopic (exact) mass is 211 g/mol. The van der Waals surface area contributed by atoms with Crippen LogP contribution in [0.5, 0.6) is 0 Å². The number of nitrogens with zero attached hydrogens (tertiary/aromatic N) is 3. The Balaban J connectivity index is 2.46. The average Bonchev–Trinajstić information content (AvgIpc) is 2.42. The van der Waals surface area contributed by atoms with E-state index in [9.17, 15) is 8.42 Å². The maximum atomic E-state index is 11.0. The molecule has 6 heteroatoms. The van der Waals surface area contributed by atoms with Gasteiger partial charge in [0, 0.05) is 18.6 Å². The van der Waals surface area contributed by atoms with Crippen LogP contribution < -0.4 is 0 Å². The van der Waals surface area contributed by atoms with Crippen LogP contribution in [0.15, 0.2) is 24.8 Å². The summed E-state index contributed by atoms with van der Waals surface area (Å²) in [6, 6.07) is 1.73. The van der Waals surface area contributed by atoms with Crippen molar-refractivity contribution in [2.75, 3.05) is 6.26 Å². The SMILES string of the molecule is CS(=O)(=O)Cc1cn2cnccc2n1. The quantitative estimate of drug-likeness (QED) is 0.715. The van der Waals surface area contributed by atoms with Crippen molar-refractivity contribution in [2.45, 2.75) is 5.75 Å². The fourth-order valence-electron chi connectivity index (χ4n) is 1.23. The van der Waals surface area contributed by atoms with Gasteiger partial charge >= 0.3 is 0 Å². The normalized spacial score (nSPS) is 12.1. The van der Waals surface area contributed by atoms with Gasteiger partial charge in [0.2, 0.25) is 0 Å². The van der Waals surface area contributed by atoms with E-state index >= 15 is 0 Å². The largest absolute Gasteiger partial charge is 0.290 e. The summed E-state index contributed by atoms with van der Waals surface area (Å²) in [6.45, 7) is 0. The Labute approximate surface area is 81.3 Å². The molecule has 0 aliphatic rings. The summed E-state index contributed by atoms with van der Waals surface area (Å²) in [5.74, 6) is -0.0331. The minimum absolute atomic E-state index is 0.0331. The van der Waals surface area contributed by atoms with Gasteiger partial charge in [-0.05, 0) is 6.07 Å². The Kier molecular flexibility index (Phi) is 1.99. The lowest BCUT2D eigenvalue weighted by atomic mass is 10.6. The molecule has 2 heterocycles. The molecule has 0 aliphatic heterocycles. The Bertz CT molecular complexity index is 526. The summed E-state index contributed by atoms with van der Waals surface area (Å²) < 4.78 is 23.7. The number of aromatic nitrogens is 3. The van der Waals surface area contributed by atoms with Crippen molar-refractivity contribution >= 4 is 15.5 Å². The van der Waals surface area contributed by atoms with Crippen LogP contribution in [0.3, 0.4) is 0 Å². The van der Waals surface area contributed by atoms with E-state index in [-0.39, 0.29) is 5.75 Å². The van der Waals surface area contributed by atoms with E-state index in [0.29, 0.717) is 11.3 Å². The van der Waals surface area contributed by atoms with Crippen LogP contribution in [-0.2, 0) is 15.6 Å². The van der Waals surface area contributed by atoms with Gasteiger partial charge < -0.3 is 0 Å². The average molecular weight is 211 g/mol. The summed E-state index contributed by atoms with van der Waals surface area (Å²) in [4.78, 5) is 8.04. The first-order valence-corrected chi connectivity index (χ1v) is 6.06. The summed E-state index contributed by atoms with van der Waals surface area (Å²) in [7, 11) is -3.02. The van der Waals surface area contributed by atoms with Crippen LogP contribution in [0, 0.1) is 0 Å². The Morgan fingerprint density at radius 3 is 2.93 bits per heavy atom. The molecule has 0 saturated heterocycles. The topological polar surface area (TPSA) is 64.3 Å². The maximum absolute atomic E-state index is 11.0. The number of rotatable bonds is 2. The molecular weight excluding hydrogens is 202 g/mol. The Hall–Kier alpha value is -1.43. The highest BCUT2D eigenvalue weighted by Gasteiger charge is 2.08. The minimum atomic E-state index is -3.02. The smallest absolute Gasteiger partial charge is 0.153 e. The lowest BCUT2D eigenvalue weighted by Crippen LogP contribution is -2.00. The standard InChI is InChI=1S/C8H9N3O2S/c1-14(12,13)5-7-4-11-6-9-3-2-8(11)10-7/h2-4,6H,5H2,1H3. The molecule has 74 valence electrons. The number of fused-ring (bicyclic) bond motifs is 1. The fraction of sp³-hybridized carbons (Fsp3) is 0.250. The molecule has 0 fully saturated rings. The van der Waals surface area contributed by atoms with Crippen molar-refractivity contribution in [2.24, 2.45) is 0 Å². The molecule has 0 amide bonds. The minimum Gasteiger partial charge on any atom is -0.290 e. The van der Waals surface area contributed by atoms with E-state index in [4.69, 9.17) is 0 Å². The molecule has 0 aliphatic carbocycles. The molecule has 0 N–H and O–H groups in total. The third-order valence-electron chi connectivity index (χ3n) is 1.72. The molecule has 0 bridgehead atoms. The highest BCUT2D eigenvalue weighted by molar-refractivity contribution is 7.89. The third kappa shape index (κ3) is 1.90. The van der Waals surface area contributed by atoms with Crippen LogP contribution in [0.4, 0.5) is 0 Å². The van der Waals surface area contributed by atoms with E-state index in [1.54, 1.807) is 29.2 Å². The molecule has 2 rings (SSSR count).